The fraction of sp³-hybridized carbons (Fsp3) is 0.350. The Morgan fingerprint density at radius 3 is 2.74 bits per heavy atom. The van der Waals surface area contributed by atoms with Crippen molar-refractivity contribution in [3.05, 3.63) is 64.2 Å². The summed E-state index contributed by atoms with van der Waals surface area (Å²) in [5, 5.41) is 1.61. The van der Waals surface area contributed by atoms with E-state index in [1.165, 1.54) is 5.56 Å². The number of sulfone groups is 1. The highest BCUT2D eigenvalue weighted by Gasteiger charge is 2.47. The Hall–Kier alpha value is -1.50. The molecule has 2 aliphatic heterocycles. The van der Waals surface area contributed by atoms with E-state index in [0.29, 0.717) is 0 Å². The molecule has 0 radical (unpaired) electrons. The van der Waals surface area contributed by atoms with Gasteiger partial charge in [0.05, 0.1) is 23.6 Å². The van der Waals surface area contributed by atoms with Crippen molar-refractivity contribution in [3.8, 4) is 0 Å². The Morgan fingerprint density at radius 1 is 1.19 bits per heavy atom. The number of benzene rings is 2. The zero-order chi connectivity index (χ0) is 19.2. The summed E-state index contributed by atoms with van der Waals surface area (Å²) in [6.07, 6.45) is 0. The van der Waals surface area contributed by atoms with Gasteiger partial charge in [0.2, 0.25) is 0 Å². The highest BCUT2D eigenvalue weighted by atomic mass is 35.5. The van der Waals surface area contributed by atoms with Crippen molar-refractivity contribution in [2.24, 2.45) is 4.99 Å². The first-order chi connectivity index (χ1) is 12.8. The van der Waals surface area contributed by atoms with Gasteiger partial charge in [-0.1, -0.05) is 53.2 Å². The lowest BCUT2D eigenvalue weighted by Crippen LogP contribution is -2.39. The van der Waals surface area contributed by atoms with Crippen molar-refractivity contribution in [3.63, 3.8) is 0 Å². The summed E-state index contributed by atoms with van der Waals surface area (Å²) >= 11 is 7.73. The first-order valence-corrected chi connectivity index (χ1v) is 12.0. The Bertz CT molecular complexity index is 1020. The maximum atomic E-state index is 12.2. The SMILES string of the molecule is Cc1ccc(N2C(SCc3cccc(Cl)c3)=N[C@H]3CS(=O)(=O)C[C@@H]32)c(C)c1. The lowest BCUT2D eigenvalue weighted by molar-refractivity contribution is 0.601. The number of anilines is 1. The van der Waals surface area contributed by atoms with Crippen LogP contribution >= 0.6 is 23.4 Å². The molecule has 0 bridgehead atoms. The summed E-state index contributed by atoms with van der Waals surface area (Å²) in [5.41, 5.74) is 4.50. The summed E-state index contributed by atoms with van der Waals surface area (Å²) in [4.78, 5) is 6.94. The zero-order valence-corrected chi connectivity index (χ0v) is 17.6. The minimum atomic E-state index is -3.04. The summed E-state index contributed by atoms with van der Waals surface area (Å²) < 4.78 is 24.3. The monoisotopic (exact) mass is 420 g/mol. The normalized spacial score (nSPS) is 23.4. The van der Waals surface area contributed by atoms with E-state index in [1.807, 2.05) is 24.3 Å². The molecule has 0 spiro atoms. The van der Waals surface area contributed by atoms with Crippen LogP contribution in [0.4, 0.5) is 5.69 Å². The van der Waals surface area contributed by atoms with Gasteiger partial charge in [0.25, 0.3) is 0 Å². The lowest BCUT2D eigenvalue weighted by atomic mass is 10.1. The molecule has 4 rings (SSSR count). The third-order valence-electron chi connectivity index (χ3n) is 4.98. The molecule has 0 aromatic heterocycles. The van der Waals surface area contributed by atoms with E-state index < -0.39 is 9.84 Å². The standard InChI is InChI=1S/C20H21ClN2O2S2/c1-13-6-7-18(14(2)8-13)23-19-12-27(24,25)11-17(19)22-20(23)26-10-15-4-3-5-16(21)9-15/h3-9,17,19H,10-12H2,1-2H3/t17-,19-/m0/s1. The maximum absolute atomic E-state index is 12.2. The van der Waals surface area contributed by atoms with Crippen molar-refractivity contribution in [1.82, 2.24) is 0 Å². The van der Waals surface area contributed by atoms with Crippen LogP contribution in [0.1, 0.15) is 16.7 Å². The first kappa shape index (κ1) is 18.8. The third-order valence-corrected chi connectivity index (χ3v) is 7.95. The van der Waals surface area contributed by atoms with E-state index in [2.05, 4.69) is 36.9 Å². The second kappa shape index (κ2) is 7.15. The molecule has 2 aliphatic rings. The molecule has 2 heterocycles. The average Bonchev–Trinajstić information content (AvgIpc) is 3.05. The van der Waals surface area contributed by atoms with Crippen LogP contribution in [0, 0.1) is 13.8 Å². The van der Waals surface area contributed by atoms with Crippen LogP contribution in [0.3, 0.4) is 0 Å². The molecule has 27 heavy (non-hydrogen) atoms. The van der Waals surface area contributed by atoms with Gasteiger partial charge in [0.1, 0.15) is 0 Å². The molecule has 0 unspecified atom stereocenters. The van der Waals surface area contributed by atoms with Crippen LogP contribution in [0.25, 0.3) is 0 Å². The van der Waals surface area contributed by atoms with Gasteiger partial charge in [-0.25, -0.2) is 8.42 Å². The van der Waals surface area contributed by atoms with Crippen LogP contribution in [0.15, 0.2) is 47.5 Å². The number of rotatable bonds is 3. The highest BCUT2D eigenvalue weighted by molar-refractivity contribution is 8.13. The number of aryl methyl sites for hydroxylation is 2. The fourth-order valence-electron chi connectivity index (χ4n) is 3.77. The molecule has 7 heteroatoms. The van der Waals surface area contributed by atoms with Gasteiger partial charge in [-0.15, -0.1) is 0 Å². The lowest BCUT2D eigenvalue weighted by Gasteiger charge is -2.28. The largest absolute Gasteiger partial charge is 0.315 e. The van der Waals surface area contributed by atoms with Crippen molar-refractivity contribution in [1.29, 1.82) is 0 Å². The molecule has 0 N–H and O–H groups in total. The molecule has 0 saturated carbocycles. The number of thioether (sulfide) groups is 1. The maximum Gasteiger partial charge on any atom is 0.164 e. The predicted octanol–water partition coefficient (Wildman–Crippen LogP) is 4.23. The minimum absolute atomic E-state index is 0.113. The molecule has 2 atom stereocenters. The summed E-state index contributed by atoms with van der Waals surface area (Å²) in [6.45, 7) is 4.13. The summed E-state index contributed by atoms with van der Waals surface area (Å²) in [7, 11) is -3.04. The van der Waals surface area contributed by atoms with Gasteiger partial charge in [0, 0.05) is 16.5 Å². The molecule has 1 saturated heterocycles. The van der Waals surface area contributed by atoms with E-state index >= 15 is 0 Å². The minimum Gasteiger partial charge on any atom is -0.315 e. The van der Waals surface area contributed by atoms with Crippen molar-refractivity contribution in [2.45, 2.75) is 31.7 Å². The van der Waals surface area contributed by atoms with Crippen LogP contribution in [-0.2, 0) is 15.6 Å². The number of amidine groups is 1. The van der Waals surface area contributed by atoms with E-state index in [4.69, 9.17) is 16.6 Å². The van der Waals surface area contributed by atoms with Crippen LogP contribution in [-0.4, -0.2) is 37.2 Å². The quantitative estimate of drug-likeness (QED) is 0.745. The van der Waals surface area contributed by atoms with Crippen molar-refractivity contribution < 1.29 is 8.42 Å². The second-order valence-corrected chi connectivity index (χ2v) is 10.7. The fourth-order valence-corrected chi connectivity index (χ4v) is 6.88. The molecule has 0 amide bonds. The Morgan fingerprint density at radius 2 is 2.00 bits per heavy atom. The number of aliphatic imine (C=N–C) groups is 1. The number of hydrogen-bond donors (Lipinski definition) is 0. The number of nitrogens with zero attached hydrogens (tertiary/aromatic N) is 2. The average molecular weight is 421 g/mol. The van der Waals surface area contributed by atoms with Gasteiger partial charge in [-0.3, -0.25) is 4.99 Å². The van der Waals surface area contributed by atoms with Gasteiger partial charge < -0.3 is 4.90 Å². The Balaban J connectivity index is 1.65. The molecule has 0 aliphatic carbocycles. The highest BCUT2D eigenvalue weighted by Crippen LogP contribution is 2.37. The van der Waals surface area contributed by atoms with Gasteiger partial charge in [0.15, 0.2) is 15.0 Å². The van der Waals surface area contributed by atoms with E-state index in [0.717, 1.165) is 32.8 Å². The zero-order valence-electron chi connectivity index (χ0n) is 15.2. The number of hydrogen-bond acceptors (Lipinski definition) is 5. The smallest absolute Gasteiger partial charge is 0.164 e. The molecular formula is C20H21ClN2O2S2. The van der Waals surface area contributed by atoms with Gasteiger partial charge in [-0.2, -0.15) is 0 Å². The molecule has 2 aromatic rings. The summed E-state index contributed by atoms with van der Waals surface area (Å²) in [5.74, 6) is 1.04. The van der Waals surface area contributed by atoms with Crippen LogP contribution in [0.2, 0.25) is 5.02 Å². The molecule has 4 nitrogen and oxygen atoms in total. The van der Waals surface area contributed by atoms with Crippen LogP contribution in [0.5, 0.6) is 0 Å². The van der Waals surface area contributed by atoms with Crippen LogP contribution < -0.4 is 4.90 Å². The number of halogens is 1. The van der Waals surface area contributed by atoms with E-state index in [9.17, 15) is 8.42 Å². The second-order valence-electron chi connectivity index (χ2n) is 7.20. The van der Waals surface area contributed by atoms with Gasteiger partial charge in [-0.05, 0) is 43.2 Å². The Labute approximate surface area is 169 Å². The molecular weight excluding hydrogens is 400 g/mol. The Kier molecular flexibility index (Phi) is 4.99. The number of fused-ring (bicyclic) bond motifs is 1. The first-order valence-electron chi connectivity index (χ1n) is 8.84. The van der Waals surface area contributed by atoms with E-state index in [1.54, 1.807) is 11.8 Å². The summed E-state index contributed by atoms with van der Waals surface area (Å²) in [6, 6.07) is 13.8. The van der Waals surface area contributed by atoms with Crippen molar-refractivity contribution >= 4 is 44.1 Å². The topological polar surface area (TPSA) is 49.7 Å². The molecule has 142 valence electrons. The molecule has 2 aromatic carbocycles. The predicted molar refractivity (Wildman–Crippen MR) is 115 cm³/mol. The molecule has 1 fully saturated rings. The van der Waals surface area contributed by atoms with Gasteiger partial charge >= 0.3 is 0 Å². The third kappa shape index (κ3) is 3.89. The van der Waals surface area contributed by atoms with Crippen molar-refractivity contribution in [2.75, 3.05) is 16.4 Å². The van der Waals surface area contributed by atoms with E-state index in [-0.39, 0.29) is 23.6 Å².